The molecule has 0 spiro atoms. The summed E-state index contributed by atoms with van der Waals surface area (Å²) in [6, 6.07) is 0. The maximum Gasteiger partial charge on any atom is 0.214 e. The van der Waals surface area contributed by atoms with Gasteiger partial charge in [0.1, 0.15) is 5.76 Å². The van der Waals surface area contributed by atoms with Gasteiger partial charge >= 0.3 is 0 Å². The second-order valence-corrected chi connectivity index (χ2v) is 6.57. The molecule has 0 aliphatic rings. The van der Waals surface area contributed by atoms with Crippen LogP contribution in [0.25, 0.3) is 0 Å². The minimum Gasteiger partial charge on any atom is -0.444 e. The van der Waals surface area contributed by atoms with E-state index in [4.69, 9.17) is 4.42 Å². The fourth-order valence-electron chi connectivity index (χ4n) is 2.01. The molecular formula is C16H26IN5OS. The number of thiazole rings is 1. The highest BCUT2D eigenvalue weighted by Gasteiger charge is 2.08. The smallest absolute Gasteiger partial charge is 0.214 e. The summed E-state index contributed by atoms with van der Waals surface area (Å²) in [6.07, 6.45) is 0.876. The highest BCUT2D eigenvalue weighted by atomic mass is 127. The van der Waals surface area contributed by atoms with Crippen molar-refractivity contribution in [3.8, 4) is 0 Å². The quantitative estimate of drug-likeness (QED) is 0.390. The molecule has 8 heteroatoms. The van der Waals surface area contributed by atoms with Crippen LogP contribution in [0.1, 0.15) is 47.8 Å². The molecule has 24 heavy (non-hydrogen) atoms. The van der Waals surface area contributed by atoms with Crippen LogP contribution in [0.3, 0.4) is 0 Å². The molecule has 0 fully saturated rings. The predicted molar refractivity (Wildman–Crippen MR) is 110 cm³/mol. The third-order valence-corrected chi connectivity index (χ3v) is 4.63. The summed E-state index contributed by atoms with van der Waals surface area (Å²) in [5.41, 5.74) is 2.05. The minimum absolute atomic E-state index is 0. The Hall–Kier alpha value is -1.16. The zero-order valence-corrected chi connectivity index (χ0v) is 18.0. The average molecular weight is 463 g/mol. The fourth-order valence-corrected chi connectivity index (χ4v) is 2.88. The van der Waals surface area contributed by atoms with Gasteiger partial charge in [0.25, 0.3) is 0 Å². The van der Waals surface area contributed by atoms with Gasteiger partial charge in [-0.2, -0.15) is 0 Å². The second-order valence-electron chi connectivity index (χ2n) is 5.68. The first kappa shape index (κ1) is 20.9. The Labute approximate surface area is 164 Å². The van der Waals surface area contributed by atoms with Crippen LogP contribution >= 0.6 is 35.3 Å². The van der Waals surface area contributed by atoms with E-state index in [1.165, 1.54) is 5.01 Å². The van der Waals surface area contributed by atoms with E-state index < -0.39 is 0 Å². The van der Waals surface area contributed by atoms with E-state index >= 15 is 0 Å². The molecule has 0 atom stereocenters. The number of halogens is 1. The summed E-state index contributed by atoms with van der Waals surface area (Å²) in [7, 11) is 1.75. The van der Waals surface area contributed by atoms with Crippen molar-refractivity contribution >= 4 is 41.3 Å². The number of nitrogens with one attached hydrogen (secondary N) is 2. The Bertz CT molecular complexity index is 646. The van der Waals surface area contributed by atoms with Crippen molar-refractivity contribution in [2.75, 3.05) is 13.6 Å². The molecule has 0 saturated heterocycles. The van der Waals surface area contributed by atoms with E-state index in [1.807, 2.05) is 13.8 Å². The van der Waals surface area contributed by atoms with Crippen molar-refractivity contribution in [1.29, 1.82) is 0 Å². The Balaban J connectivity index is 0.00000288. The molecule has 2 N–H and O–H groups in total. The number of aliphatic imine (C=N–C) groups is 1. The molecule has 0 amide bonds. The maximum atomic E-state index is 5.54. The molecule has 0 radical (unpaired) electrons. The summed E-state index contributed by atoms with van der Waals surface area (Å²) in [4.78, 5) is 13.2. The topological polar surface area (TPSA) is 75.3 Å². The molecule has 0 aliphatic carbocycles. The lowest BCUT2D eigenvalue weighted by Gasteiger charge is -2.09. The van der Waals surface area contributed by atoms with Crippen molar-refractivity contribution in [3.05, 3.63) is 33.4 Å². The predicted octanol–water partition coefficient (Wildman–Crippen LogP) is 3.40. The zero-order valence-electron chi connectivity index (χ0n) is 14.8. The SMILES string of the molecule is CN=C(NCCc1csc(C(C)C)n1)NCc1nc(C)c(C)o1.I. The maximum absolute atomic E-state index is 5.54. The van der Waals surface area contributed by atoms with Gasteiger partial charge in [-0.3, -0.25) is 4.99 Å². The lowest BCUT2D eigenvalue weighted by molar-refractivity contribution is 0.463. The van der Waals surface area contributed by atoms with Gasteiger partial charge in [-0.1, -0.05) is 13.8 Å². The van der Waals surface area contributed by atoms with Crippen LogP contribution in [0.5, 0.6) is 0 Å². The van der Waals surface area contributed by atoms with Crippen molar-refractivity contribution < 1.29 is 4.42 Å². The molecule has 0 unspecified atom stereocenters. The summed E-state index contributed by atoms with van der Waals surface area (Å²) < 4.78 is 5.54. The number of rotatable bonds is 6. The van der Waals surface area contributed by atoms with Crippen LogP contribution < -0.4 is 10.6 Å². The van der Waals surface area contributed by atoms with Crippen molar-refractivity contribution in [2.45, 2.75) is 46.6 Å². The Morgan fingerprint density at radius 2 is 2.04 bits per heavy atom. The Morgan fingerprint density at radius 1 is 1.29 bits per heavy atom. The molecule has 6 nitrogen and oxygen atoms in total. The van der Waals surface area contributed by atoms with Gasteiger partial charge in [-0.25, -0.2) is 9.97 Å². The largest absolute Gasteiger partial charge is 0.444 e. The molecule has 0 saturated carbocycles. The average Bonchev–Trinajstić information content (AvgIpc) is 3.10. The zero-order chi connectivity index (χ0) is 16.8. The number of hydrogen-bond acceptors (Lipinski definition) is 5. The minimum atomic E-state index is 0. The highest BCUT2D eigenvalue weighted by molar-refractivity contribution is 14.0. The van der Waals surface area contributed by atoms with Crippen LogP contribution in [0.4, 0.5) is 0 Å². The molecular weight excluding hydrogens is 437 g/mol. The molecule has 2 aromatic heterocycles. The van der Waals surface area contributed by atoms with E-state index in [0.29, 0.717) is 18.4 Å². The number of hydrogen-bond donors (Lipinski definition) is 2. The Morgan fingerprint density at radius 3 is 2.58 bits per heavy atom. The van der Waals surface area contributed by atoms with Gasteiger partial charge in [0.05, 0.1) is 22.9 Å². The number of aromatic nitrogens is 2. The highest BCUT2D eigenvalue weighted by Crippen LogP contribution is 2.19. The van der Waals surface area contributed by atoms with Crippen LogP contribution in [-0.2, 0) is 13.0 Å². The standard InChI is InChI=1S/C16H25N5OS.HI/c1-10(2)15-21-13(9-23-15)6-7-18-16(17-5)19-8-14-20-11(3)12(4)22-14;/h9-10H,6-8H2,1-5H3,(H2,17,18,19);1H. The Kier molecular flexibility index (Phi) is 8.68. The molecule has 0 aliphatic heterocycles. The first-order valence-corrected chi connectivity index (χ1v) is 8.69. The lowest BCUT2D eigenvalue weighted by atomic mass is 10.2. The molecule has 2 heterocycles. The fraction of sp³-hybridized carbons (Fsp3) is 0.562. The number of nitrogens with zero attached hydrogens (tertiary/aromatic N) is 3. The number of guanidine groups is 1. The molecule has 2 aromatic rings. The van der Waals surface area contributed by atoms with Gasteiger partial charge in [0, 0.05) is 31.3 Å². The summed E-state index contributed by atoms with van der Waals surface area (Å²) in [5.74, 6) is 2.75. The first-order chi connectivity index (χ1) is 11.0. The summed E-state index contributed by atoms with van der Waals surface area (Å²) in [6.45, 7) is 9.48. The number of aryl methyl sites for hydroxylation is 2. The first-order valence-electron chi connectivity index (χ1n) is 7.81. The van der Waals surface area contributed by atoms with Crippen LogP contribution in [0.15, 0.2) is 14.8 Å². The number of oxazole rings is 1. The van der Waals surface area contributed by atoms with Crippen molar-refractivity contribution in [2.24, 2.45) is 4.99 Å². The third kappa shape index (κ3) is 6.04. The van der Waals surface area contributed by atoms with Crippen LogP contribution in [0.2, 0.25) is 0 Å². The van der Waals surface area contributed by atoms with Gasteiger partial charge in [-0.05, 0) is 13.8 Å². The van der Waals surface area contributed by atoms with Crippen molar-refractivity contribution in [1.82, 2.24) is 20.6 Å². The van der Waals surface area contributed by atoms with E-state index in [9.17, 15) is 0 Å². The second kappa shape index (κ2) is 9.97. The third-order valence-electron chi connectivity index (χ3n) is 3.44. The molecule has 2 rings (SSSR count). The van der Waals surface area contributed by atoms with Crippen LogP contribution in [-0.4, -0.2) is 29.5 Å². The monoisotopic (exact) mass is 463 g/mol. The van der Waals surface area contributed by atoms with Gasteiger partial charge in [-0.15, -0.1) is 35.3 Å². The van der Waals surface area contributed by atoms with Crippen LogP contribution in [0, 0.1) is 13.8 Å². The van der Waals surface area contributed by atoms with Gasteiger partial charge in [0.15, 0.2) is 5.96 Å². The molecule has 0 aromatic carbocycles. The lowest BCUT2D eigenvalue weighted by Crippen LogP contribution is -2.38. The molecule has 0 bridgehead atoms. The van der Waals surface area contributed by atoms with E-state index in [0.717, 1.165) is 36.1 Å². The normalized spacial score (nSPS) is 11.5. The van der Waals surface area contributed by atoms with Crippen molar-refractivity contribution in [3.63, 3.8) is 0 Å². The van der Waals surface area contributed by atoms with E-state index in [1.54, 1.807) is 18.4 Å². The van der Waals surface area contributed by atoms with E-state index in [2.05, 4.69) is 44.8 Å². The van der Waals surface area contributed by atoms with Gasteiger partial charge < -0.3 is 15.1 Å². The van der Waals surface area contributed by atoms with Gasteiger partial charge in [0.2, 0.25) is 5.89 Å². The summed E-state index contributed by atoms with van der Waals surface area (Å²) >= 11 is 1.73. The van der Waals surface area contributed by atoms with E-state index in [-0.39, 0.29) is 24.0 Å². The summed E-state index contributed by atoms with van der Waals surface area (Å²) in [5, 5.41) is 9.81. The molecule has 134 valence electrons.